The third-order valence-electron chi connectivity index (χ3n) is 6.45. The number of carbonyl (C=O) groups excluding carboxylic acids is 1. The first-order chi connectivity index (χ1) is 19.2. The SMILES string of the molecule is C#Cc1ccc(C(F)(F)F)c(Nc2ncnc3cc(O[C@H]4CCOC4)c(NC(=O)/C=C/CN(CC)CC)cc23)c1. The maximum atomic E-state index is 13.7. The number of anilines is 3. The molecule has 1 aliphatic rings. The van der Waals surface area contributed by atoms with Crippen LogP contribution in [0.25, 0.3) is 10.9 Å². The van der Waals surface area contributed by atoms with Gasteiger partial charge < -0.3 is 25.0 Å². The number of hydrogen-bond donors (Lipinski definition) is 2. The summed E-state index contributed by atoms with van der Waals surface area (Å²) in [6.07, 6.45) is 5.70. The highest BCUT2D eigenvalue weighted by Gasteiger charge is 2.34. The summed E-state index contributed by atoms with van der Waals surface area (Å²) in [5.74, 6) is 2.43. The quantitative estimate of drug-likeness (QED) is 0.258. The second-order valence-corrected chi connectivity index (χ2v) is 9.10. The Balaban J connectivity index is 1.71. The van der Waals surface area contributed by atoms with E-state index < -0.39 is 11.7 Å². The van der Waals surface area contributed by atoms with Gasteiger partial charge >= 0.3 is 6.18 Å². The van der Waals surface area contributed by atoms with Gasteiger partial charge in [0.2, 0.25) is 5.91 Å². The van der Waals surface area contributed by atoms with E-state index in [9.17, 15) is 18.0 Å². The van der Waals surface area contributed by atoms with Crippen LogP contribution in [0, 0.1) is 12.3 Å². The first kappa shape index (κ1) is 28.9. The number of carbonyl (C=O) groups is 1. The number of rotatable bonds is 10. The summed E-state index contributed by atoms with van der Waals surface area (Å²) < 4.78 is 52.8. The van der Waals surface area contributed by atoms with Crippen LogP contribution in [0.15, 0.2) is 48.8 Å². The van der Waals surface area contributed by atoms with Gasteiger partial charge in [0, 0.05) is 36.1 Å². The number of fused-ring (bicyclic) bond motifs is 1. The van der Waals surface area contributed by atoms with Crippen molar-refractivity contribution in [2.75, 3.05) is 43.5 Å². The summed E-state index contributed by atoms with van der Waals surface area (Å²) in [4.78, 5) is 23.4. The van der Waals surface area contributed by atoms with Crippen molar-refractivity contribution in [1.29, 1.82) is 0 Å². The molecule has 4 rings (SSSR count). The van der Waals surface area contributed by atoms with Crippen LogP contribution in [0.5, 0.6) is 5.75 Å². The summed E-state index contributed by atoms with van der Waals surface area (Å²) >= 11 is 0. The predicted octanol–water partition coefficient (Wildman–Crippen LogP) is 5.38. The van der Waals surface area contributed by atoms with E-state index in [1.54, 1.807) is 18.2 Å². The number of aromatic nitrogens is 2. The molecule has 0 spiro atoms. The molecule has 1 fully saturated rings. The number of alkyl halides is 3. The number of likely N-dealkylation sites (N-methyl/N-ethyl adjacent to an activating group) is 1. The Labute approximate surface area is 230 Å². The van der Waals surface area contributed by atoms with Gasteiger partial charge in [-0.2, -0.15) is 13.2 Å². The Morgan fingerprint density at radius 3 is 2.70 bits per heavy atom. The van der Waals surface area contributed by atoms with Crippen LogP contribution in [0.3, 0.4) is 0 Å². The minimum absolute atomic E-state index is 0.105. The molecule has 0 aliphatic carbocycles. The van der Waals surface area contributed by atoms with E-state index in [0.29, 0.717) is 48.5 Å². The number of nitrogens with zero attached hydrogens (tertiary/aromatic N) is 3. The molecule has 2 N–H and O–H groups in total. The van der Waals surface area contributed by atoms with E-state index in [4.69, 9.17) is 15.9 Å². The third kappa shape index (κ3) is 7.08. The molecular formula is C29H30F3N5O3. The van der Waals surface area contributed by atoms with E-state index >= 15 is 0 Å². The maximum absolute atomic E-state index is 13.7. The highest BCUT2D eigenvalue weighted by Crippen LogP contribution is 2.39. The molecular weight excluding hydrogens is 523 g/mol. The van der Waals surface area contributed by atoms with Crippen LogP contribution in [-0.4, -0.2) is 59.7 Å². The van der Waals surface area contributed by atoms with Crippen LogP contribution in [0.2, 0.25) is 0 Å². The van der Waals surface area contributed by atoms with E-state index in [2.05, 4.69) is 31.4 Å². The fourth-order valence-corrected chi connectivity index (χ4v) is 4.24. The Morgan fingerprint density at radius 1 is 1.23 bits per heavy atom. The van der Waals surface area contributed by atoms with Crippen molar-refractivity contribution in [3.8, 4) is 18.1 Å². The van der Waals surface area contributed by atoms with E-state index in [-0.39, 0.29) is 29.1 Å². The van der Waals surface area contributed by atoms with Crippen LogP contribution >= 0.6 is 0 Å². The number of terminal acetylenes is 1. The van der Waals surface area contributed by atoms with Gasteiger partial charge in [-0.15, -0.1) is 6.42 Å². The molecule has 11 heteroatoms. The van der Waals surface area contributed by atoms with Crippen molar-refractivity contribution in [1.82, 2.24) is 14.9 Å². The third-order valence-corrected chi connectivity index (χ3v) is 6.45. The van der Waals surface area contributed by atoms with Gasteiger partial charge in [-0.05, 0) is 37.4 Å². The van der Waals surface area contributed by atoms with Gasteiger partial charge in [-0.3, -0.25) is 4.79 Å². The molecule has 1 aromatic heterocycles. The minimum atomic E-state index is -4.63. The molecule has 8 nitrogen and oxygen atoms in total. The number of nitrogens with one attached hydrogen (secondary N) is 2. The molecule has 210 valence electrons. The second kappa shape index (κ2) is 12.8. The highest BCUT2D eigenvalue weighted by atomic mass is 19.4. The molecule has 0 radical (unpaired) electrons. The van der Waals surface area contributed by atoms with Gasteiger partial charge in [0.25, 0.3) is 0 Å². The largest absolute Gasteiger partial charge is 0.486 e. The van der Waals surface area contributed by atoms with Gasteiger partial charge in [0.15, 0.2) is 0 Å². The van der Waals surface area contributed by atoms with Gasteiger partial charge in [0.1, 0.15) is 24.0 Å². The summed E-state index contributed by atoms with van der Waals surface area (Å²) in [6, 6.07) is 6.59. The Kier molecular flexibility index (Phi) is 9.24. The predicted molar refractivity (Wildman–Crippen MR) is 148 cm³/mol. The second-order valence-electron chi connectivity index (χ2n) is 9.10. The molecule has 2 aromatic carbocycles. The van der Waals surface area contributed by atoms with Crippen LogP contribution in [-0.2, 0) is 15.7 Å². The molecule has 2 heterocycles. The van der Waals surface area contributed by atoms with E-state index in [1.165, 1.54) is 24.5 Å². The first-order valence-electron chi connectivity index (χ1n) is 12.9. The molecule has 40 heavy (non-hydrogen) atoms. The standard InChI is InChI=1S/C29H30F3N5O3/c1-4-19-9-10-22(29(30,31)32)24(14-19)36-28-21-15-25(35-27(38)8-7-12-37(5-2)6-3)26(16-23(21)33-18-34-28)40-20-11-13-39-17-20/h1,7-10,14-16,18,20H,5-6,11-13,17H2,2-3H3,(H,35,38)(H,33,34,36)/b8-7+/t20-/m0/s1. The average molecular weight is 554 g/mol. The monoisotopic (exact) mass is 553 g/mol. The lowest BCUT2D eigenvalue weighted by Crippen LogP contribution is -2.23. The Morgan fingerprint density at radius 2 is 2.02 bits per heavy atom. The van der Waals surface area contributed by atoms with Gasteiger partial charge in [0.05, 0.1) is 35.7 Å². The van der Waals surface area contributed by atoms with Crippen LogP contribution in [0.1, 0.15) is 31.4 Å². The molecule has 0 unspecified atom stereocenters. The molecule has 1 atom stereocenters. The van der Waals surface area contributed by atoms with Crippen LogP contribution in [0.4, 0.5) is 30.4 Å². The summed E-state index contributed by atoms with van der Waals surface area (Å²) in [5.41, 5.74) is -0.151. The van der Waals surface area contributed by atoms with Gasteiger partial charge in [-0.1, -0.05) is 25.8 Å². The normalized spacial score (nSPS) is 15.5. The lowest BCUT2D eigenvalue weighted by molar-refractivity contribution is -0.136. The zero-order valence-electron chi connectivity index (χ0n) is 22.2. The van der Waals surface area contributed by atoms with Crippen molar-refractivity contribution >= 4 is 34.0 Å². The molecule has 3 aromatic rings. The van der Waals surface area contributed by atoms with Crippen molar-refractivity contribution in [3.63, 3.8) is 0 Å². The lowest BCUT2D eigenvalue weighted by atomic mass is 10.1. The first-order valence-corrected chi connectivity index (χ1v) is 12.9. The number of amides is 1. The zero-order valence-corrected chi connectivity index (χ0v) is 22.2. The van der Waals surface area contributed by atoms with Gasteiger partial charge in [-0.25, -0.2) is 9.97 Å². The fraction of sp³-hybridized carbons (Fsp3) is 0.345. The molecule has 1 saturated heterocycles. The number of hydrogen-bond acceptors (Lipinski definition) is 7. The van der Waals surface area contributed by atoms with Crippen molar-refractivity contribution in [3.05, 3.63) is 59.9 Å². The molecule has 1 amide bonds. The number of halogens is 3. The molecule has 1 aliphatic heterocycles. The summed E-state index contributed by atoms with van der Waals surface area (Å²) in [7, 11) is 0. The van der Waals surface area contributed by atoms with Crippen LogP contribution < -0.4 is 15.4 Å². The maximum Gasteiger partial charge on any atom is 0.418 e. The van der Waals surface area contributed by atoms with Crippen molar-refractivity contribution in [2.24, 2.45) is 0 Å². The molecule has 0 bridgehead atoms. The minimum Gasteiger partial charge on any atom is -0.486 e. The van der Waals surface area contributed by atoms with E-state index in [1.807, 2.05) is 13.8 Å². The number of benzene rings is 2. The Hall–Kier alpha value is -4.14. The zero-order chi connectivity index (χ0) is 28.7. The fourth-order valence-electron chi connectivity index (χ4n) is 4.24. The summed E-state index contributed by atoms with van der Waals surface area (Å²) in [5, 5.41) is 5.98. The summed E-state index contributed by atoms with van der Waals surface area (Å²) in [6.45, 7) is 7.35. The van der Waals surface area contributed by atoms with Crippen molar-refractivity contribution < 1.29 is 27.4 Å². The van der Waals surface area contributed by atoms with E-state index in [0.717, 1.165) is 19.2 Å². The lowest BCUT2D eigenvalue weighted by Gasteiger charge is -2.19. The molecule has 0 saturated carbocycles. The topological polar surface area (TPSA) is 88.6 Å². The highest BCUT2D eigenvalue weighted by molar-refractivity contribution is 6.03. The Bertz CT molecular complexity index is 1420. The van der Waals surface area contributed by atoms with Crippen molar-refractivity contribution in [2.45, 2.75) is 32.5 Å². The smallest absolute Gasteiger partial charge is 0.418 e. The average Bonchev–Trinajstić information content (AvgIpc) is 3.44. The number of ether oxygens (including phenoxy) is 2.